The van der Waals surface area contributed by atoms with Crippen molar-refractivity contribution in [2.75, 3.05) is 6.61 Å². The van der Waals surface area contributed by atoms with Crippen molar-refractivity contribution in [3.63, 3.8) is 0 Å². The number of nitrogens with zero attached hydrogens (tertiary/aromatic N) is 1. The van der Waals surface area contributed by atoms with Crippen LogP contribution in [0.3, 0.4) is 0 Å². The first-order valence-electron chi connectivity index (χ1n) is 10.5. The van der Waals surface area contributed by atoms with Gasteiger partial charge in [0.2, 0.25) is 5.91 Å². The summed E-state index contributed by atoms with van der Waals surface area (Å²) in [6.45, 7) is 2.40. The average Bonchev–Trinajstić information content (AvgIpc) is 3.09. The maximum absolute atomic E-state index is 12.3. The second-order valence-corrected chi connectivity index (χ2v) is 7.75. The van der Waals surface area contributed by atoms with E-state index in [0.717, 1.165) is 18.4 Å². The van der Waals surface area contributed by atoms with Gasteiger partial charge in [0.25, 0.3) is 5.91 Å². The number of carbonyl (C=O) groups excluding carboxylic acids is 2. The van der Waals surface area contributed by atoms with E-state index in [-0.39, 0.29) is 12.5 Å². The van der Waals surface area contributed by atoms with E-state index in [2.05, 4.69) is 33.6 Å². The Morgan fingerprint density at radius 3 is 2.67 bits per heavy atom. The summed E-state index contributed by atoms with van der Waals surface area (Å²) >= 11 is 0. The maximum atomic E-state index is 12.3. The Labute approximate surface area is 176 Å². The Morgan fingerprint density at radius 2 is 1.80 bits per heavy atom. The SMILES string of the molecule is Cc1cccc(OCC(=O)NNC(=O)CCn2c3c(c4ccccc42)CCCC3)c1. The standard InChI is InChI=1S/C24H27N3O3/c1-17-7-6-8-18(15-17)30-16-24(29)26-25-23(28)13-14-27-21-11-4-2-9-19(21)20-10-3-5-12-22(20)27/h2,4,6-9,11,15H,3,5,10,12-14,16H2,1H3,(H,25,28)(H,26,29). The van der Waals surface area contributed by atoms with Crippen LogP contribution in [-0.2, 0) is 29.0 Å². The number of hydrogen-bond donors (Lipinski definition) is 2. The van der Waals surface area contributed by atoms with Crippen molar-refractivity contribution in [3.05, 3.63) is 65.4 Å². The van der Waals surface area contributed by atoms with Crippen LogP contribution >= 0.6 is 0 Å². The molecule has 1 aliphatic carbocycles. The molecule has 3 aromatic rings. The smallest absolute Gasteiger partial charge is 0.276 e. The zero-order chi connectivity index (χ0) is 20.9. The van der Waals surface area contributed by atoms with Crippen LogP contribution in [0, 0.1) is 6.92 Å². The average molecular weight is 405 g/mol. The molecule has 30 heavy (non-hydrogen) atoms. The summed E-state index contributed by atoms with van der Waals surface area (Å²) in [5.74, 6) is 0.00984. The van der Waals surface area contributed by atoms with Crippen LogP contribution in [0.15, 0.2) is 48.5 Å². The molecule has 0 fully saturated rings. The van der Waals surface area contributed by atoms with Crippen LogP contribution in [-0.4, -0.2) is 23.0 Å². The minimum absolute atomic E-state index is 0.153. The first-order chi connectivity index (χ1) is 14.6. The van der Waals surface area contributed by atoms with Crippen LogP contribution in [0.1, 0.15) is 36.1 Å². The van der Waals surface area contributed by atoms with E-state index in [1.165, 1.54) is 35.0 Å². The number of aromatic nitrogens is 1. The predicted molar refractivity (Wildman–Crippen MR) is 116 cm³/mol. The minimum Gasteiger partial charge on any atom is -0.484 e. The number of benzene rings is 2. The second-order valence-electron chi connectivity index (χ2n) is 7.75. The third kappa shape index (κ3) is 4.48. The van der Waals surface area contributed by atoms with Crippen molar-refractivity contribution in [3.8, 4) is 5.75 Å². The summed E-state index contributed by atoms with van der Waals surface area (Å²) in [5, 5.41) is 1.30. The molecule has 1 heterocycles. The number of amides is 2. The summed E-state index contributed by atoms with van der Waals surface area (Å²) < 4.78 is 7.71. The van der Waals surface area contributed by atoms with Crippen molar-refractivity contribution < 1.29 is 14.3 Å². The molecule has 0 aliphatic heterocycles. The Bertz CT molecular complexity index is 1070. The second kappa shape index (κ2) is 9.03. The molecule has 0 saturated heterocycles. The van der Waals surface area contributed by atoms with E-state index in [1.54, 1.807) is 6.07 Å². The molecule has 0 unspecified atom stereocenters. The lowest BCUT2D eigenvalue weighted by Crippen LogP contribution is -2.44. The third-order valence-corrected chi connectivity index (χ3v) is 5.55. The zero-order valence-corrected chi connectivity index (χ0v) is 17.2. The number of fused-ring (bicyclic) bond motifs is 3. The molecule has 0 spiro atoms. The molecule has 6 heteroatoms. The van der Waals surface area contributed by atoms with Crippen molar-refractivity contribution >= 4 is 22.7 Å². The van der Waals surface area contributed by atoms with Crippen LogP contribution in [0.4, 0.5) is 0 Å². The normalized spacial score (nSPS) is 13.0. The van der Waals surface area contributed by atoms with Gasteiger partial charge in [0, 0.05) is 29.6 Å². The van der Waals surface area contributed by atoms with Crippen molar-refractivity contribution in [2.24, 2.45) is 0 Å². The van der Waals surface area contributed by atoms with Gasteiger partial charge in [0.1, 0.15) is 5.75 Å². The van der Waals surface area contributed by atoms with E-state index in [9.17, 15) is 9.59 Å². The molecule has 0 bridgehead atoms. The molecule has 156 valence electrons. The fourth-order valence-corrected chi connectivity index (χ4v) is 4.15. The molecule has 4 rings (SSSR count). The van der Waals surface area contributed by atoms with Gasteiger partial charge in [-0.15, -0.1) is 0 Å². The summed E-state index contributed by atoms with van der Waals surface area (Å²) in [5.41, 5.74) is 9.94. The van der Waals surface area contributed by atoms with Crippen LogP contribution in [0.5, 0.6) is 5.75 Å². The van der Waals surface area contributed by atoms with E-state index >= 15 is 0 Å². The molecule has 0 radical (unpaired) electrons. The van der Waals surface area contributed by atoms with E-state index in [1.807, 2.05) is 31.2 Å². The predicted octanol–water partition coefficient (Wildman–Crippen LogP) is 3.45. The summed E-state index contributed by atoms with van der Waals surface area (Å²) in [4.78, 5) is 24.2. The van der Waals surface area contributed by atoms with Gasteiger partial charge in [-0.2, -0.15) is 0 Å². The van der Waals surface area contributed by atoms with Crippen LogP contribution in [0.25, 0.3) is 10.9 Å². The maximum Gasteiger partial charge on any atom is 0.276 e. The number of aryl methyl sites for hydroxylation is 3. The molecule has 2 N–H and O–H groups in total. The number of rotatable bonds is 6. The number of hydrazine groups is 1. The number of hydrogen-bond acceptors (Lipinski definition) is 3. The minimum atomic E-state index is -0.395. The molecular weight excluding hydrogens is 378 g/mol. The first-order valence-corrected chi connectivity index (χ1v) is 10.5. The molecular formula is C24H27N3O3. The van der Waals surface area contributed by atoms with E-state index < -0.39 is 5.91 Å². The molecule has 2 aromatic carbocycles. The monoisotopic (exact) mass is 405 g/mol. The van der Waals surface area contributed by atoms with E-state index in [0.29, 0.717) is 18.7 Å². The lowest BCUT2D eigenvalue weighted by atomic mass is 9.95. The van der Waals surface area contributed by atoms with Gasteiger partial charge in [0.05, 0.1) is 0 Å². The molecule has 6 nitrogen and oxygen atoms in total. The third-order valence-electron chi connectivity index (χ3n) is 5.55. The number of nitrogens with one attached hydrogen (secondary N) is 2. The molecule has 1 aromatic heterocycles. The van der Waals surface area contributed by atoms with Gasteiger partial charge in [-0.1, -0.05) is 30.3 Å². The highest BCUT2D eigenvalue weighted by molar-refractivity contribution is 5.86. The highest BCUT2D eigenvalue weighted by Crippen LogP contribution is 2.32. The molecule has 0 atom stereocenters. The number of ether oxygens (including phenoxy) is 1. The van der Waals surface area contributed by atoms with Gasteiger partial charge in [0.15, 0.2) is 6.61 Å². The number of carbonyl (C=O) groups is 2. The van der Waals surface area contributed by atoms with Gasteiger partial charge >= 0.3 is 0 Å². The van der Waals surface area contributed by atoms with Crippen molar-refractivity contribution in [1.82, 2.24) is 15.4 Å². The summed E-state index contributed by atoms with van der Waals surface area (Å²) in [7, 11) is 0. The van der Waals surface area contributed by atoms with Crippen molar-refractivity contribution in [1.29, 1.82) is 0 Å². The highest BCUT2D eigenvalue weighted by Gasteiger charge is 2.20. The summed E-state index contributed by atoms with van der Waals surface area (Å²) in [6, 6.07) is 15.9. The molecule has 0 saturated carbocycles. The zero-order valence-electron chi connectivity index (χ0n) is 17.2. The quantitative estimate of drug-likeness (QED) is 0.617. The lowest BCUT2D eigenvalue weighted by Gasteiger charge is -2.16. The van der Waals surface area contributed by atoms with Gasteiger partial charge in [-0.3, -0.25) is 20.4 Å². The molecule has 2 amide bonds. The van der Waals surface area contributed by atoms with Crippen LogP contribution < -0.4 is 15.6 Å². The van der Waals surface area contributed by atoms with Crippen molar-refractivity contribution in [2.45, 2.75) is 45.6 Å². The lowest BCUT2D eigenvalue weighted by molar-refractivity contribution is -0.130. The topological polar surface area (TPSA) is 72.4 Å². The Balaban J connectivity index is 1.30. The van der Waals surface area contributed by atoms with Gasteiger partial charge < -0.3 is 9.30 Å². The van der Waals surface area contributed by atoms with E-state index in [4.69, 9.17) is 4.74 Å². The first kappa shape index (κ1) is 20.0. The van der Waals surface area contributed by atoms with Gasteiger partial charge in [-0.05, 0) is 61.9 Å². The van der Waals surface area contributed by atoms with Gasteiger partial charge in [-0.25, -0.2) is 0 Å². The summed E-state index contributed by atoms with van der Waals surface area (Å²) in [6.07, 6.45) is 4.86. The highest BCUT2D eigenvalue weighted by atomic mass is 16.5. The fourth-order valence-electron chi connectivity index (χ4n) is 4.15. The largest absolute Gasteiger partial charge is 0.484 e. The van der Waals surface area contributed by atoms with Crippen LogP contribution in [0.2, 0.25) is 0 Å². The Kier molecular flexibility index (Phi) is 6.02. The fraction of sp³-hybridized carbons (Fsp3) is 0.333. The number of para-hydroxylation sites is 1. The molecule has 1 aliphatic rings. The Morgan fingerprint density at radius 1 is 1.00 bits per heavy atom. The Hall–Kier alpha value is -3.28.